The van der Waals surface area contributed by atoms with Gasteiger partial charge < -0.3 is 10.5 Å². The third-order valence-corrected chi connectivity index (χ3v) is 4.00. The van der Waals surface area contributed by atoms with E-state index in [0.717, 1.165) is 12.8 Å². The number of methoxy groups -OCH3 is 1. The fourth-order valence-corrected chi connectivity index (χ4v) is 3.36. The largest absolute Gasteiger partial charge is 0.469 e. The van der Waals surface area contributed by atoms with Gasteiger partial charge >= 0.3 is 5.97 Å². The molecule has 3 atom stereocenters. The molecule has 0 heterocycles. The lowest BCUT2D eigenvalue weighted by Gasteiger charge is -2.45. The summed E-state index contributed by atoms with van der Waals surface area (Å²) in [5.41, 5.74) is 6.07. The summed E-state index contributed by atoms with van der Waals surface area (Å²) in [5.74, 6) is 1.18. The van der Waals surface area contributed by atoms with Gasteiger partial charge in [0.2, 0.25) is 0 Å². The fourth-order valence-electron chi connectivity index (χ4n) is 3.36. The monoisotopic (exact) mass is 227 g/mol. The molecule has 1 aliphatic carbocycles. The van der Waals surface area contributed by atoms with Crippen molar-refractivity contribution in [2.75, 3.05) is 7.11 Å². The van der Waals surface area contributed by atoms with E-state index in [-0.39, 0.29) is 17.4 Å². The molecule has 0 saturated heterocycles. The van der Waals surface area contributed by atoms with Crippen molar-refractivity contribution in [2.24, 2.45) is 23.0 Å². The number of carbonyl (C=O) groups excluding carboxylic acids is 1. The van der Waals surface area contributed by atoms with Gasteiger partial charge in [0.15, 0.2) is 0 Å². The molecule has 16 heavy (non-hydrogen) atoms. The number of nitrogens with two attached hydrogens (primary N) is 1. The van der Waals surface area contributed by atoms with Crippen molar-refractivity contribution >= 4 is 5.97 Å². The third-order valence-electron chi connectivity index (χ3n) is 4.00. The van der Waals surface area contributed by atoms with Gasteiger partial charge in [-0.15, -0.1) is 0 Å². The number of hydrogen-bond acceptors (Lipinski definition) is 3. The van der Waals surface area contributed by atoms with Crippen LogP contribution in [0.1, 0.15) is 46.5 Å². The molecule has 0 bridgehead atoms. The van der Waals surface area contributed by atoms with Crippen LogP contribution in [0.5, 0.6) is 0 Å². The Kier molecular flexibility index (Phi) is 4.36. The van der Waals surface area contributed by atoms with Crippen LogP contribution in [-0.4, -0.2) is 19.1 Å². The zero-order valence-corrected chi connectivity index (χ0v) is 11.0. The first-order valence-electron chi connectivity index (χ1n) is 6.22. The Labute approximate surface area is 98.7 Å². The van der Waals surface area contributed by atoms with Gasteiger partial charge in [0.1, 0.15) is 0 Å². The summed E-state index contributed by atoms with van der Waals surface area (Å²) in [4.78, 5) is 11.5. The van der Waals surface area contributed by atoms with E-state index in [4.69, 9.17) is 10.5 Å². The maximum atomic E-state index is 11.5. The summed E-state index contributed by atoms with van der Waals surface area (Å²) in [6.45, 7) is 6.53. The van der Waals surface area contributed by atoms with Crippen LogP contribution in [-0.2, 0) is 9.53 Å². The molecule has 0 aromatic rings. The van der Waals surface area contributed by atoms with Crippen LogP contribution >= 0.6 is 0 Å². The van der Waals surface area contributed by atoms with Crippen LogP contribution < -0.4 is 5.73 Å². The zero-order chi connectivity index (χ0) is 12.3. The molecule has 3 heteroatoms. The van der Waals surface area contributed by atoms with Gasteiger partial charge in [0.25, 0.3) is 0 Å². The van der Waals surface area contributed by atoms with Gasteiger partial charge in [-0.25, -0.2) is 0 Å². The van der Waals surface area contributed by atoms with Crippen LogP contribution in [0, 0.1) is 17.3 Å². The predicted molar refractivity (Wildman–Crippen MR) is 64.9 cm³/mol. The average Bonchev–Trinajstić information content (AvgIpc) is 2.15. The summed E-state index contributed by atoms with van der Waals surface area (Å²) in [6.07, 6.45) is 3.81. The van der Waals surface area contributed by atoms with E-state index in [1.807, 2.05) is 6.92 Å². The van der Waals surface area contributed by atoms with Gasteiger partial charge in [-0.3, -0.25) is 4.79 Å². The quantitative estimate of drug-likeness (QED) is 0.753. The molecule has 1 fully saturated rings. The molecule has 0 amide bonds. The molecule has 1 saturated carbocycles. The summed E-state index contributed by atoms with van der Waals surface area (Å²) < 4.78 is 4.80. The summed E-state index contributed by atoms with van der Waals surface area (Å²) in [5, 5.41) is 0. The number of carbonyl (C=O) groups is 1. The molecule has 2 N–H and O–H groups in total. The van der Waals surface area contributed by atoms with Crippen LogP contribution in [0.4, 0.5) is 0 Å². The van der Waals surface area contributed by atoms with Crippen LogP contribution in [0.15, 0.2) is 0 Å². The van der Waals surface area contributed by atoms with Crippen molar-refractivity contribution < 1.29 is 9.53 Å². The average molecular weight is 227 g/mol. The minimum atomic E-state index is -0.126. The minimum Gasteiger partial charge on any atom is -0.469 e. The first kappa shape index (κ1) is 13.5. The summed E-state index contributed by atoms with van der Waals surface area (Å²) in [6, 6.07) is 0.0526. The van der Waals surface area contributed by atoms with Gasteiger partial charge in [-0.2, -0.15) is 0 Å². The van der Waals surface area contributed by atoms with Crippen molar-refractivity contribution in [3.05, 3.63) is 0 Å². The number of ether oxygens (including phenoxy) is 1. The Morgan fingerprint density at radius 1 is 1.44 bits per heavy atom. The second-order valence-corrected chi connectivity index (χ2v) is 5.76. The molecule has 3 unspecified atom stereocenters. The van der Waals surface area contributed by atoms with Gasteiger partial charge in [-0.1, -0.05) is 13.8 Å². The normalized spacial score (nSPS) is 36.8. The minimum absolute atomic E-state index is 0.0514. The molecule has 94 valence electrons. The van der Waals surface area contributed by atoms with Crippen LogP contribution in [0.2, 0.25) is 0 Å². The van der Waals surface area contributed by atoms with Crippen molar-refractivity contribution in [2.45, 2.75) is 52.5 Å². The lowest BCUT2D eigenvalue weighted by Crippen LogP contribution is -2.46. The van der Waals surface area contributed by atoms with E-state index in [1.54, 1.807) is 0 Å². The summed E-state index contributed by atoms with van der Waals surface area (Å²) >= 11 is 0. The molecule has 0 radical (unpaired) electrons. The van der Waals surface area contributed by atoms with E-state index < -0.39 is 0 Å². The van der Waals surface area contributed by atoms with E-state index in [2.05, 4.69) is 13.8 Å². The van der Waals surface area contributed by atoms with Gasteiger partial charge in [-0.05, 0) is 43.4 Å². The lowest BCUT2D eigenvalue weighted by atomic mass is 9.61. The smallest absolute Gasteiger partial charge is 0.306 e. The van der Waals surface area contributed by atoms with Crippen LogP contribution in [0.3, 0.4) is 0 Å². The highest BCUT2D eigenvalue weighted by atomic mass is 16.5. The van der Waals surface area contributed by atoms with Gasteiger partial charge in [0.05, 0.1) is 13.5 Å². The highest BCUT2D eigenvalue weighted by Crippen LogP contribution is 2.46. The molecule has 0 aromatic heterocycles. The molecule has 1 aliphatic rings. The molecule has 0 aliphatic heterocycles. The van der Waals surface area contributed by atoms with Crippen molar-refractivity contribution in [1.82, 2.24) is 0 Å². The van der Waals surface area contributed by atoms with Crippen LogP contribution in [0.25, 0.3) is 0 Å². The van der Waals surface area contributed by atoms with Gasteiger partial charge in [0, 0.05) is 6.04 Å². The predicted octanol–water partition coefficient (Wildman–Crippen LogP) is 2.34. The number of hydrogen-bond donors (Lipinski definition) is 1. The van der Waals surface area contributed by atoms with Crippen molar-refractivity contribution in [3.8, 4) is 0 Å². The Bertz CT molecular complexity index is 240. The first-order chi connectivity index (χ1) is 7.39. The second-order valence-electron chi connectivity index (χ2n) is 5.76. The van der Waals surface area contributed by atoms with E-state index in [9.17, 15) is 4.79 Å². The Hall–Kier alpha value is -0.570. The second kappa shape index (κ2) is 5.17. The highest BCUT2D eigenvalue weighted by molar-refractivity contribution is 5.70. The van der Waals surface area contributed by atoms with Crippen molar-refractivity contribution in [3.63, 3.8) is 0 Å². The van der Waals surface area contributed by atoms with E-state index in [0.29, 0.717) is 18.3 Å². The lowest BCUT2D eigenvalue weighted by molar-refractivity contribution is -0.145. The van der Waals surface area contributed by atoms with E-state index in [1.165, 1.54) is 13.5 Å². The Balaban J connectivity index is 2.82. The van der Waals surface area contributed by atoms with E-state index >= 15 is 0 Å². The summed E-state index contributed by atoms with van der Waals surface area (Å²) in [7, 11) is 1.45. The SMILES string of the molecule is COC(=O)CC1(C(C)N)CC(C)CC(C)C1. The third kappa shape index (κ3) is 2.97. The molecule has 3 nitrogen and oxygen atoms in total. The topological polar surface area (TPSA) is 52.3 Å². The Morgan fingerprint density at radius 3 is 2.31 bits per heavy atom. The number of esters is 1. The number of rotatable bonds is 3. The first-order valence-corrected chi connectivity index (χ1v) is 6.22. The highest BCUT2D eigenvalue weighted by Gasteiger charge is 2.42. The Morgan fingerprint density at radius 2 is 1.94 bits per heavy atom. The molecular formula is C13H25NO2. The fraction of sp³-hybridized carbons (Fsp3) is 0.923. The maximum absolute atomic E-state index is 11.5. The maximum Gasteiger partial charge on any atom is 0.306 e. The molecule has 1 rings (SSSR count). The molecular weight excluding hydrogens is 202 g/mol. The molecule has 0 aromatic carbocycles. The standard InChI is InChI=1S/C13H25NO2/c1-9-5-10(2)7-13(6-9,11(3)14)8-12(15)16-4/h9-11H,5-8,14H2,1-4H3. The molecule has 0 spiro atoms. The van der Waals surface area contributed by atoms with Crippen molar-refractivity contribution in [1.29, 1.82) is 0 Å². The zero-order valence-electron chi connectivity index (χ0n) is 11.0.